The van der Waals surface area contributed by atoms with Crippen LogP contribution in [0.4, 0.5) is 0 Å². The van der Waals surface area contributed by atoms with Crippen LogP contribution in [0.1, 0.15) is 22.5 Å². The molecule has 1 fully saturated rings. The number of carbonyl (C=O) groups excluding carboxylic acids is 1. The van der Waals surface area contributed by atoms with Crippen molar-refractivity contribution in [1.82, 2.24) is 24.5 Å². The van der Waals surface area contributed by atoms with Crippen LogP contribution in [0.5, 0.6) is 11.5 Å². The third-order valence-electron chi connectivity index (χ3n) is 6.76. The highest BCUT2D eigenvalue weighted by molar-refractivity contribution is 7.08. The van der Waals surface area contributed by atoms with Crippen molar-refractivity contribution in [2.24, 2.45) is 7.05 Å². The van der Waals surface area contributed by atoms with Crippen molar-refractivity contribution in [2.75, 3.05) is 20.3 Å². The predicted octanol–water partition coefficient (Wildman–Crippen LogP) is 2.25. The summed E-state index contributed by atoms with van der Waals surface area (Å²) in [5.41, 5.74) is 4.59. The van der Waals surface area contributed by atoms with Gasteiger partial charge in [0.15, 0.2) is 5.69 Å². The molecule has 13 heteroatoms. The Bertz CT molecular complexity index is 1510. The summed E-state index contributed by atoms with van der Waals surface area (Å²) >= 11 is 1.53. The SMILES string of the molecule is [B]C([B])([B])N(C(=O)c1nn(-c2ccsc2)c2c1COc1cc(OC)c(-c3ccn(C)n3)cc1-2)C1CCOC1. The van der Waals surface area contributed by atoms with Gasteiger partial charge in [-0.25, -0.2) is 4.68 Å². The minimum Gasteiger partial charge on any atom is -0.496 e. The molecule has 1 unspecified atom stereocenters. The Labute approximate surface area is 227 Å². The lowest BCUT2D eigenvalue weighted by atomic mass is 9.48. The second-order valence-corrected chi connectivity index (χ2v) is 10.1. The summed E-state index contributed by atoms with van der Waals surface area (Å²) in [4.78, 5) is 15.3. The first-order valence-corrected chi connectivity index (χ1v) is 13.0. The maximum Gasteiger partial charge on any atom is 0.273 e. The molecule has 1 aromatic carbocycles. The molecule has 1 atom stereocenters. The molecule has 5 heterocycles. The van der Waals surface area contributed by atoms with E-state index in [4.69, 9.17) is 42.8 Å². The Kier molecular flexibility index (Phi) is 6.15. The fourth-order valence-electron chi connectivity index (χ4n) is 5.04. The summed E-state index contributed by atoms with van der Waals surface area (Å²) in [6.45, 7) is 0.890. The van der Waals surface area contributed by atoms with Gasteiger partial charge in [0.05, 0.1) is 60.4 Å². The molecule has 2 aliphatic rings. The average molecular weight is 521 g/mol. The maximum absolute atomic E-state index is 14.0. The van der Waals surface area contributed by atoms with Gasteiger partial charge in [-0.05, 0) is 30.0 Å². The largest absolute Gasteiger partial charge is 0.496 e. The Morgan fingerprint density at radius 1 is 1.24 bits per heavy atom. The molecule has 6 radical (unpaired) electrons. The number of benzene rings is 1. The van der Waals surface area contributed by atoms with E-state index in [1.807, 2.05) is 48.3 Å². The van der Waals surface area contributed by atoms with Crippen LogP contribution in [0.25, 0.3) is 28.2 Å². The highest BCUT2D eigenvalue weighted by Crippen LogP contribution is 2.46. The summed E-state index contributed by atoms with van der Waals surface area (Å²) in [5.74, 6) is 0.746. The standard InChI is InChI=1S/C25H22B3N5O4S/c1-31-6-3-19(29-31)16-9-17-21(10-20(16)35-2)37-12-18-22(30-33(23(17)18)15-5-8-38-13-15)24(34)32(25(26,27)28)14-4-7-36-11-14/h3,5-6,8-10,13-14H,4,7,11-12H2,1-2H3. The lowest BCUT2D eigenvalue weighted by molar-refractivity contribution is 0.0636. The van der Waals surface area contributed by atoms with Gasteiger partial charge in [-0.15, -0.1) is 0 Å². The minimum atomic E-state index is -1.90. The molecule has 9 nitrogen and oxygen atoms in total. The molecule has 0 N–H and O–H groups in total. The third-order valence-corrected chi connectivity index (χ3v) is 7.43. The number of carbonyl (C=O) groups is 1. The van der Waals surface area contributed by atoms with E-state index in [1.54, 1.807) is 16.5 Å². The maximum atomic E-state index is 14.0. The molecule has 1 amide bonds. The number of aromatic nitrogens is 4. The van der Waals surface area contributed by atoms with Crippen LogP contribution < -0.4 is 9.47 Å². The van der Waals surface area contributed by atoms with Crippen molar-refractivity contribution in [3.63, 3.8) is 0 Å². The zero-order valence-electron chi connectivity index (χ0n) is 21.0. The van der Waals surface area contributed by atoms with Crippen LogP contribution >= 0.6 is 11.3 Å². The number of amides is 1. The van der Waals surface area contributed by atoms with E-state index in [2.05, 4.69) is 5.10 Å². The van der Waals surface area contributed by atoms with Crippen molar-refractivity contribution in [2.45, 2.75) is 24.3 Å². The quantitative estimate of drug-likeness (QED) is 0.363. The molecule has 2 aliphatic heterocycles. The fourth-order valence-corrected chi connectivity index (χ4v) is 5.66. The van der Waals surface area contributed by atoms with E-state index < -0.39 is 11.1 Å². The first-order chi connectivity index (χ1) is 18.3. The monoisotopic (exact) mass is 521 g/mol. The van der Waals surface area contributed by atoms with Crippen molar-refractivity contribution in [3.8, 4) is 39.7 Å². The van der Waals surface area contributed by atoms with E-state index in [-0.39, 0.29) is 18.3 Å². The first kappa shape index (κ1) is 24.9. The van der Waals surface area contributed by atoms with Crippen molar-refractivity contribution in [3.05, 3.63) is 52.5 Å². The second-order valence-electron chi connectivity index (χ2n) is 9.36. The Balaban J connectivity index is 1.55. The van der Waals surface area contributed by atoms with Crippen molar-refractivity contribution in [1.29, 1.82) is 0 Å². The number of hydrogen-bond acceptors (Lipinski definition) is 7. The molecule has 6 rings (SSSR count). The molecule has 186 valence electrons. The molecular weight excluding hydrogens is 499 g/mol. The molecule has 0 spiro atoms. The number of rotatable bonds is 6. The molecule has 1 saturated heterocycles. The van der Waals surface area contributed by atoms with Gasteiger partial charge in [0.1, 0.15) is 18.1 Å². The molecule has 3 aromatic heterocycles. The molecule has 0 saturated carbocycles. The number of thiophene rings is 1. The summed E-state index contributed by atoms with van der Waals surface area (Å²) < 4.78 is 20.8. The van der Waals surface area contributed by atoms with E-state index in [9.17, 15) is 4.79 Å². The summed E-state index contributed by atoms with van der Waals surface area (Å²) in [6, 6.07) is 7.26. The van der Waals surface area contributed by atoms with E-state index in [0.717, 1.165) is 28.2 Å². The van der Waals surface area contributed by atoms with Crippen LogP contribution in [0.2, 0.25) is 0 Å². The summed E-state index contributed by atoms with van der Waals surface area (Å²) in [7, 11) is 21.7. The summed E-state index contributed by atoms with van der Waals surface area (Å²) in [6.07, 6.45) is 2.43. The van der Waals surface area contributed by atoms with Crippen molar-refractivity contribution < 1.29 is 19.0 Å². The zero-order valence-corrected chi connectivity index (χ0v) is 21.8. The smallest absolute Gasteiger partial charge is 0.273 e. The molecule has 4 aromatic rings. The van der Waals surface area contributed by atoms with Crippen LogP contribution in [0.3, 0.4) is 0 Å². The summed E-state index contributed by atoms with van der Waals surface area (Å²) in [5, 5.41) is 11.3. The molecular formula is C25H22B3N5O4S. The zero-order chi connectivity index (χ0) is 26.6. The Morgan fingerprint density at radius 2 is 2.08 bits per heavy atom. The number of ether oxygens (including phenoxy) is 3. The highest BCUT2D eigenvalue weighted by Gasteiger charge is 2.39. The van der Waals surface area contributed by atoms with Crippen LogP contribution in [0, 0.1) is 0 Å². The number of hydrogen-bond donors (Lipinski definition) is 0. The van der Waals surface area contributed by atoms with E-state index >= 15 is 0 Å². The number of fused-ring (bicyclic) bond motifs is 3. The molecule has 38 heavy (non-hydrogen) atoms. The minimum absolute atomic E-state index is 0.112. The third kappa shape index (κ3) is 4.14. The van der Waals surface area contributed by atoms with Crippen LogP contribution in [-0.4, -0.2) is 85.5 Å². The van der Waals surface area contributed by atoms with Gasteiger partial charge in [0.2, 0.25) is 0 Å². The average Bonchev–Trinajstić information content (AvgIpc) is 3.69. The Hall–Kier alpha value is -3.44. The van der Waals surface area contributed by atoms with Gasteiger partial charge in [-0.1, -0.05) is 5.24 Å². The predicted molar refractivity (Wildman–Crippen MR) is 145 cm³/mol. The number of aryl methyl sites for hydroxylation is 1. The van der Waals surface area contributed by atoms with Crippen molar-refractivity contribution >= 4 is 40.8 Å². The first-order valence-electron chi connectivity index (χ1n) is 12.0. The number of methoxy groups -OCH3 is 1. The molecule has 0 aliphatic carbocycles. The number of nitrogens with zero attached hydrogens (tertiary/aromatic N) is 5. The highest BCUT2D eigenvalue weighted by atomic mass is 32.1. The van der Waals surface area contributed by atoms with Gasteiger partial charge in [0.25, 0.3) is 5.91 Å². The second kappa shape index (κ2) is 9.39. The fraction of sp³-hybridized carbons (Fsp3) is 0.320. The topological polar surface area (TPSA) is 83.6 Å². The van der Waals surface area contributed by atoms with Gasteiger partial charge in [-0.2, -0.15) is 21.5 Å². The van der Waals surface area contributed by atoms with Crippen LogP contribution in [0.15, 0.2) is 41.2 Å². The van der Waals surface area contributed by atoms with E-state index in [0.29, 0.717) is 36.7 Å². The lowest BCUT2D eigenvalue weighted by Gasteiger charge is -2.41. The van der Waals surface area contributed by atoms with Gasteiger partial charge in [0, 0.05) is 48.0 Å². The van der Waals surface area contributed by atoms with Gasteiger partial charge >= 0.3 is 0 Å². The Morgan fingerprint density at radius 3 is 2.71 bits per heavy atom. The lowest BCUT2D eigenvalue weighted by Crippen LogP contribution is -2.58. The van der Waals surface area contributed by atoms with Gasteiger partial charge < -0.3 is 19.1 Å². The molecule has 0 bridgehead atoms. The normalized spacial score (nSPS) is 16.5. The van der Waals surface area contributed by atoms with E-state index in [1.165, 1.54) is 16.2 Å². The van der Waals surface area contributed by atoms with Gasteiger partial charge in [-0.3, -0.25) is 9.48 Å². The van der Waals surface area contributed by atoms with Crippen LogP contribution in [-0.2, 0) is 18.4 Å².